The Hall–Kier alpha value is -1.33. The number of nitrogens with one attached hydrogen (secondary N) is 1. The van der Waals surface area contributed by atoms with Crippen LogP contribution in [-0.4, -0.2) is 29.8 Å². The van der Waals surface area contributed by atoms with Gasteiger partial charge in [-0.05, 0) is 30.9 Å². The zero-order valence-corrected chi connectivity index (χ0v) is 9.26. The van der Waals surface area contributed by atoms with Crippen molar-refractivity contribution in [1.82, 2.24) is 4.98 Å². The van der Waals surface area contributed by atoms with Gasteiger partial charge in [-0.25, -0.2) is 10.8 Å². The number of aliphatic hydroxyl groups excluding tert-OH is 1. The molecule has 4 N–H and O–H groups in total. The van der Waals surface area contributed by atoms with Crippen LogP contribution in [0.25, 0.3) is 0 Å². The molecule has 0 bridgehead atoms. The number of hydrogen-bond donors (Lipinski definition) is 3. The van der Waals surface area contributed by atoms with Crippen LogP contribution in [-0.2, 0) is 0 Å². The van der Waals surface area contributed by atoms with Gasteiger partial charge in [0.25, 0.3) is 0 Å². The van der Waals surface area contributed by atoms with Gasteiger partial charge in [0, 0.05) is 19.7 Å². The van der Waals surface area contributed by atoms with Crippen molar-refractivity contribution in [1.29, 1.82) is 0 Å². The highest BCUT2D eigenvalue weighted by molar-refractivity contribution is 5.47. The molecule has 88 valence electrons. The van der Waals surface area contributed by atoms with Gasteiger partial charge in [0.15, 0.2) is 0 Å². The minimum absolute atomic E-state index is 0.274. The zero-order chi connectivity index (χ0) is 11.4. The molecule has 1 atom stereocenters. The first-order valence-corrected chi connectivity index (χ1v) is 5.63. The van der Waals surface area contributed by atoms with Crippen LogP contribution >= 0.6 is 0 Å². The van der Waals surface area contributed by atoms with E-state index in [1.807, 2.05) is 18.2 Å². The molecule has 0 aromatic carbocycles. The Kier molecular flexibility index (Phi) is 3.58. The van der Waals surface area contributed by atoms with E-state index in [4.69, 9.17) is 10.9 Å². The van der Waals surface area contributed by atoms with Crippen molar-refractivity contribution in [2.45, 2.75) is 12.8 Å². The van der Waals surface area contributed by atoms with E-state index in [1.165, 1.54) is 0 Å². The van der Waals surface area contributed by atoms with Crippen molar-refractivity contribution >= 4 is 11.6 Å². The Labute approximate surface area is 95.2 Å². The maximum absolute atomic E-state index is 8.90. The Morgan fingerprint density at radius 1 is 1.56 bits per heavy atom. The predicted octanol–water partition coefficient (Wildman–Crippen LogP) is 0.576. The van der Waals surface area contributed by atoms with Gasteiger partial charge in [-0.2, -0.15) is 0 Å². The molecule has 1 unspecified atom stereocenters. The fourth-order valence-electron chi connectivity index (χ4n) is 2.14. The minimum atomic E-state index is 0.274. The first-order valence-electron chi connectivity index (χ1n) is 5.63. The second-order valence-electron chi connectivity index (χ2n) is 4.14. The van der Waals surface area contributed by atoms with Gasteiger partial charge in [0.2, 0.25) is 0 Å². The summed E-state index contributed by atoms with van der Waals surface area (Å²) < 4.78 is 0. The van der Waals surface area contributed by atoms with Crippen molar-refractivity contribution < 1.29 is 5.11 Å². The third-order valence-corrected chi connectivity index (χ3v) is 3.03. The summed E-state index contributed by atoms with van der Waals surface area (Å²) >= 11 is 0. The fraction of sp³-hybridized carbons (Fsp3) is 0.545. The maximum Gasteiger partial charge on any atom is 0.142 e. The van der Waals surface area contributed by atoms with E-state index in [1.54, 1.807) is 0 Å². The van der Waals surface area contributed by atoms with E-state index in [0.717, 1.165) is 31.7 Å². The molecule has 0 spiro atoms. The summed E-state index contributed by atoms with van der Waals surface area (Å²) in [5.74, 6) is 7.55. The summed E-state index contributed by atoms with van der Waals surface area (Å²) in [7, 11) is 0. The van der Waals surface area contributed by atoms with Gasteiger partial charge in [-0.3, -0.25) is 0 Å². The normalized spacial score (nSPS) is 20.1. The van der Waals surface area contributed by atoms with Gasteiger partial charge in [-0.1, -0.05) is 6.07 Å². The number of nitrogens with two attached hydrogens (primary N) is 1. The smallest absolute Gasteiger partial charge is 0.142 e. The van der Waals surface area contributed by atoms with Crippen molar-refractivity contribution in [2.75, 3.05) is 30.0 Å². The minimum Gasteiger partial charge on any atom is -0.396 e. The molecule has 1 saturated heterocycles. The van der Waals surface area contributed by atoms with Crippen LogP contribution in [0.4, 0.5) is 11.6 Å². The number of aliphatic hydroxyl groups is 1. The zero-order valence-electron chi connectivity index (χ0n) is 9.26. The second-order valence-corrected chi connectivity index (χ2v) is 4.14. The molecule has 5 nitrogen and oxygen atoms in total. The van der Waals surface area contributed by atoms with Gasteiger partial charge in [-0.15, -0.1) is 0 Å². The van der Waals surface area contributed by atoms with Gasteiger partial charge in [0.05, 0.1) is 0 Å². The van der Waals surface area contributed by atoms with Crippen molar-refractivity contribution in [3.05, 3.63) is 18.2 Å². The van der Waals surface area contributed by atoms with Crippen LogP contribution in [0.15, 0.2) is 18.2 Å². The third-order valence-electron chi connectivity index (χ3n) is 3.03. The third kappa shape index (κ3) is 2.43. The average molecular weight is 222 g/mol. The second kappa shape index (κ2) is 5.14. The van der Waals surface area contributed by atoms with Crippen LogP contribution < -0.4 is 16.2 Å². The van der Waals surface area contributed by atoms with E-state index < -0.39 is 0 Å². The number of pyridine rings is 1. The number of anilines is 2. The first-order chi connectivity index (χ1) is 7.83. The van der Waals surface area contributed by atoms with Crippen LogP contribution in [0.2, 0.25) is 0 Å². The molecule has 1 aromatic rings. The van der Waals surface area contributed by atoms with E-state index >= 15 is 0 Å². The Morgan fingerprint density at radius 2 is 2.44 bits per heavy atom. The van der Waals surface area contributed by atoms with Crippen LogP contribution in [0.1, 0.15) is 12.8 Å². The van der Waals surface area contributed by atoms with Crippen molar-refractivity contribution in [3.63, 3.8) is 0 Å². The predicted molar refractivity (Wildman–Crippen MR) is 64.1 cm³/mol. The maximum atomic E-state index is 8.90. The molecule has 1 aromatic heterocycles. The van der Waals surface area contributed by atoms with Gasteiger partial charge >= 0.3 is 0 Å². The van der Waals surface area contributed by atoms with Crippen LogP contribution in [0, 0.1) is 5.92 Å². The molecule has 1 fully saturated rings. The highest BCUT2D eigenvalue weighted by Gasteiger charge is 2.22. The molecule has 0 aliphatic carbocycles. The summed E-state index contributed by atoms with van der Waals surface area (Å²) in [6, 6.07) is 5.77. The molecule has 16 heavy (non-hydrogen) atoms. The molecule has 0 saturated carbocycles. The number of hydrazine groups is 1. The fourth-order valence-corrected chi connectivity index (χ4v) is 2.14. The summed E-state index contributed by atoms with van der Waals surface area (Å²) in [5, 5.41) is 8.90. The molecule has 2 rings (SSSR count). The molecular formula is C11H18N4O. The summed E-state index contributed by atoms with van der Waals surface area (Å²) in [4.78, 5) is 6.63. The quantitative estimate of drug-likeness (QED) is 0.513. The van der Waals surface area contributed by atoms with Crippen LogP contribution in [0.3, 0.4) is 0 Å². The van der Waals surface area contributed by atoms with E-state index in [9.17, 15) is 0 Å². The Morgan fingerprint density at radius 3 is 3.19 bits per heavy atom. The standard InChI is InChI=1S/C11H18N4O/c12-14-10-2-1-3-11(13-10)15-6-4-9(8-15)5-7-16/h1-3,9,16H,4-8,12H2,(H,13,14). The van der Waals surface area contributed by atoms with E-state index in [0.29, 0.717) is 11.7 Å². The van der Waals surface area contributed by atoms with Gasteiger partial charge in [0.1, 0.15) is 11.6 Å². The molecule has 1 aliphatic heterocycles. The molecular weight excluding hydrogens is 204 g/mol. The van der Waals surface area contributed by atoms with Crippen LogP contribution in [0.5, 0.6) is 0 Å². The van der Waals surface area contributed by atoms with Gasteiger partial charge < -0.3 is 15.4 Å². The highest BCUT2D eigenvalue weighted by atomic mass is 16.3. The molecule has 1 aliphatic rings. The number of rotatable bonds is 4. The summed E-state index contributed by atoms with van der Waals surface area (Å²) in [6.45, 7) is 2.25. The van der Waals surface area contributed by atoms with E-state index in [2.05, 4.69) is 15.3 Å². The average Bonchev–Trinajstić information content (AvgIpc) is 2.78. The molecule has 2 heterocycles. The van der Waals surface area contributed by atoms with Crippen molar-refractivity contribution in [3.8, 4) is 0 Å². The largest absolute Gasteiger partial charge is 0.396 e. The number of nitrogens with zero attached hydrogens (tertiary/aromatic N) is 2. The summed E-state index contributed by atoms with van der Waals surface area (Å²) in [5.41, 5.74) is 2.55. The highest BCUT2D eigenvalue weighted by Crippen LogP contribution is 2.24. The lowest BCUT2D eigenvalue weighted by atomic mass is 10.1. The van der Waals surface area contributed by atoms with E-state index in [-0.39, 0.29) is 6.61 Å². The first kappa shape index (κ1) is 11.2. The summed E-state index contributed by atoms with van der Waals surface area (Å²) in [6.07, 6.45) is 2.01. The molecule has 0 radical (unpaired) electrons. The monoisotopic (exact) mass is 222 g/mol. The lowest BCUT2D eigenvalue weighted by molar-refractivity contribution is 0.263. The molecule has 5 heteroatoms. The lowest BCUT2D eigenvalue weighted by Crippen LogP contribution is -2.21. The Balaban J connectivity index is 2.02. The van der Waals surface area contributed by atoms with Crippen molar-refractivity contribution in [2.24, 2.45) is 11.8 Å². The SMILES string of the molecule is NNc1cccc(N2CCC(CCO)C2)n1. The number of aromatic nitrogens is 1. The topological polar surface area (TPSA) is 74.4 Å². The number of nitrogen functional groups attached to an aromatic ring is 1. The lowest BCUT2D eigenvalue weighted by Gasteiger charge is -2.17. The Bertz CT molecular complexity index is 345. The molecule has 0 amide bonds. The number of hydrogen-bond acceptors (Lipinski definition) is 5.